The summed E-state index contributed by atoms with van der Waals surface area (Å²) in [4.78, 5) is 28.2. The molecule has 0 spiro atoms. The summed E-state index contributed by atoms with van der Waals surface area (Å²) in [6.07, 6.45) is 2.75. The van der Waals surface area contributed by atoms with Crippen LogP contribution in [0.4, 0.5) is 5.69 Å². The zero-order valence-corrected chi connectivity index (χ0v) is 13.4. The highest BCUT2D eigenvalue weighted by molar-refractivity contribution is 9.10. The van der Waals surface area contributed by atoms with Crippen LogP contribution in [0.3, 0.4) is 0 Å². The first-order valence-corrected chi connectivity index (χ1v) is 7.85. The van der Waals surface area contributed by atoms with Crippen LogP contribution in [-0.4, -0.2) is 43.0 Å². The standard InChI is InChI=1S/C15H17BrN2O3/c1-21-13-6-5-10(8-11(13)16)18-9-14(19)17-7-3-2-4-12(17)15(18)20/h5-6,8,12H,2-4,7,9H2,1H3. The van der Waals surface area contributed by atoms with Gasteiger partial charge in [0.1, 0.15) is 18.3 Å². The highest BCUT2D eigenvalue weighted by Gasteiger charge is 2.40. The van der Waals surface area contributed by atoms with Crippen molar-refractivity contribution in [2.45, 2.75) is 25.3 Å². The van der Waals surface area contributed by atoms with Crippen LogP contribution in [0, 0.1) is 0 Å². The van der Waals surface area contributed by atoms with Gasteiger partial charge in [-0.2, -0.15) is 0 Å². The van der Waals surface area contributed by atoms with E-state index in [-0.39, 0.29) is 24.4 Å². The van der Waals surface area contributed by atoms with Crippen LogP contribution in [-0.2, 0) is 9.59 Å². The summed E-state index contributed by atoms with van der Waals surface area (Å²) in [6.45, 7) is 0.823. The first kappa shape index (κ1) is 14.4. The number of benzene rings is 1. The van der Waals surface area contributed by atoms with Gasteiger partial charge in [0.2, 0.25) is 11.8 Å². The van der Waals surface area contributed by atoms with Gasteiger partial charge in [-0.15, -0.1) is 0 Å². The number of carbonyl (C=O) groups excluding carboxylic acids is 2. The fourth-order valence-corrected chi connectivity index (χ4v) is 3.54. The molecule has 6 heteroatoms. The Balaban J connectivity index is 1.90. The second kappa shape index (κ2) is 5.67. The summed E-state index contributed by atoms with van der Waals surface area (Å²) in [5.74, 6) is 0.756. The molecule has 0 bridgehead atoms. The zero-order chi connectivity index (χ0) is 15.0. The molecular formula is C15H17BrN2O3. The lowest BCUT2D eigenvalue weighted by Gasteiger charge is -2.42. The lowest BCUT2D eigenvalue weighted by Crippen LogP contribution is -2.61. The molecule has 0 radical (unpaired) electrons. The number of piperidine rings is 1. The molecular weight excluding hydrogens is 336 g/mol. The van der Waals surface area contributed by atoms with Crippen LogP contribution >= 0.6 is 15.9 Å². The van der Waals surface area contributed by atoms with Gasteiger partial charge in [-0.1, -0.05) is 0 Å². The largest absolute Gasteiger partial charge is 0.496 e. The van der Waals surface area contributed by atoms with Crippen molar-refractivity contribution < 1.29 is 14.3 Å². The molecule has 1 aromatic carbocycles. The summed E-state index contributed by atoms with van der Waals surface area (Å²) in [6, 6.07) is 5.14. The van der Waals surface area contributed by atoms with Crippen LogP contribution in [0.2, 0.25) is 0 Å². The monoisotopic (exact) mass is 352 g/mol. The SMILES string of the molecule is COc1ccc(N2CC(=O)N3CCCCC3C2=O)cc1Br. The van der Waals surface area contributed by atoms with Crippen molar-refractivity contribution in [2.75, 3.05) is 25.1 Å². The molecule has 1 aromatic rings. The maximum atomic E-state index is 12.7. The molecule has 2 aliphatic heterocycles. The second-order valence-electron chi connectivity index (χ2n) is 5.34. The van der Waals surface area contributed by atoms with Crippen LogP contribution in [0.1, 0.15) is 19.3 Å². The third kappa shape index (κ3) is 2.52. The number of methoxy groups -OCH3 is 1. The van der Waals surface area contributed by atoms with E-state index in [9.17, 15) is 9.59 Å². The van der Waals surface area contributed by atoms with Crippen LogP contribution in [0.5, 0.6) is 5.75 Å². The third-order valence-corrected chi connectivity index (χ3v) is 4.73. The van der Waals surface area contributed by atoms with E-state index in [2.05, 4.69) is 15.9 Å². The Labute approximate surface area is 132 Å². The third-order valence-electron chi connectivity index (χ3n) is 4.11. The molecule has 2 heterocycles. The lowest BCUT2D eigenvalue weighted by molar-refractivity contribution is -0.144. The Morgan fingerprint density at radius 3 is 2.81 bits per heavy atom. The number of fused-ring (bicyclic) bond motifs is 1. The molecule has 3 rings (SSSR count). The van der Waals surface area contributed by atoms with Gasteiger partial charge in [0, 0.05) is 12.2 Å². The Morgan fingerprint density at radius 1 is 1.29 bits per heavy atom. The van der Waals surface area contributed by atoms with Gasteiger partial charge in [0.05, 0.1) is 11.6 Å². The average Bonchev–Trinajstić information content (AvgIpc) is 2.51. The van der Waals surface area contributed by atoms with Crippen molar-refractivity contribution in [3.05, 3.63) is 22.7 Å². The van der Waals surface area contributed by atoms with Crippen LogP contribution in [0.15, 0.2) is 22.7 Å². The second-order valence-corrected chi connectivity index (χ2v) is 6.20. The number of nitrogens with zero attached hydrogens (tertiary/aromatic N) is 2. The number of amides is 2. The molecule has 1 atom stereocenters. The smallest absolute Gasteiger partial charge is 0.250 e. The fourth-order valence-electron chi connectivity index (χ4n) is 3.01. The molecule has 0 aromatic heterocycles. The highest BCUT2D eigenvalue weighted by atomic mass is 79.9. The number of hydrogen-bond acceptors (Lipinski definition) is 3. The summed E-state index contributed by atoms with van der Waals surface area (Å²) in [5.41, 5.74) is 0.728. The van der Waals surface area contributed by atoms with Crippen LogP contribution in [0.25, 0.3) is 0 Å². The number of piperazine rings is 1. The molecule has 1 unspecified atom stereocenters. The molecule has 2 fully saturated rings. The van der Waals surface area contributed by atoms with Gasteiger partial charge in [-0.3, -0.25) is 9.59 Å². The minimum Gasteiger partial charge on any atom is -0.496 e. The van der Waals surface area contributed by atoms with E-state index < -0.39 is 0 Å². The van der Waals surface area contributed by atoms with E-state index in [1.807, 2.05) is 12.1 Å². The molecule has 5 nitrogen and oxygen atoms in total. The van der Waals surface area contributed by atoms with Crippen molar-refractivity contribution in [1.82, 2.24) is 4.90 Å². The van der Waals surface area contributed by atoms with Crippen molar-refractivity contribution in [2.24, 2.45) is 0 Å². The van der Waals surface area contributed by atoms with Gasteiger partial charge >= 0.3 is 0 Å². The van der Waals surface area contributed by atoms with Gasteiger partial charge in [-0.25, -0.2) is 0 Å². The Bertz CT molecular complexity index is 590. The number of rotatable bonds is 2. The lowest BCUT2D eigenvalue weighted by atomic mass is 9.98. The summed E-state index contributed by atoms with van der Waals surface area (Å²) in [7, 11) is 1.59. The molecule has 21 heavy (non-hydrogen) atoms. The topological polar surface area (TPSA) is 49.9 Å². The quantitative estimate of drug-likeness (QED) is 0.819. The van der Waals surface area contributed by atoms with Gasteiger partial charge in [-0.05, 0) is 53.4 Å². The minimum absolute atomic E-state index is 0.0198. The normalized spacial score (nSPS) is 22.3. The summed E-state index contributed by atoms with van der Waals surface area (Å²) < 4.78 is 5.97. The van der Waals surface area contributed by atoms with Gasteiger partial charge in [0.25, 0.3) is 0 Å². The first-order chi connectivity index (χ1) is 10.1. The number of ether oxygens (including phenoxy) is 1. The minimum atomic E-state index is -0.291. The van der Waals surface area contributed by atoms with E-state index in [1.54, 1.807) is 23.0 Å². The fraction of sp³-hybridized carbons (Fsp3) is 0.467. The van der Waals surface area contributed by atoms with E-state index in [0.717, 1.165) is 29.4 Å². The van der Waals surface area contributed by atoms with E-state index in [0.29, 0.717) is 12.3 Å². The number of carbonyl (C=O) groups is 2. The van der Waals surface area contributed by atoms with Crippen molar-refractivity contribution in [1.29, 1.82) is 0 Å². The Hall–Kier alpha value is -1.56. The number of halogens is 1. The number of hydrogen-bond donors (Lipinski definition) is 0. The van der Waals surface area contributed by atoms with E-state index in [1.165, 1.54) is 0 Å². The van der Waals surface area contributed by atoms with E-state index >= 15 is 0 Å². The van der Waals surface area contributed by atoms with Crippen molar-refractivity contribution in [3.63, 3.8) is 0 Å². The van der Waals surface area contributed by atoms with Crippen molar-refractivity contribution >= 4 is 33.4 Å². The molecule has 112 valence electrons. The molecule has 2 aliphatic rings. The van der Waals surface area contributed by atoms with Gasteiger partial charge < -0.3 is 14.5 Å². The predicted molar refractivity (Wildman–Crippen MR) is 82.4 cm³/mol. The molecule has 0 saturated carbocycles. The maximum absolute atomic E-state index is 12.7. The number of anilines is 1. The molecule has 2 saturated heterocycles. The zero-order valence-electron chi connectivity index (χ0n) is 11.8. The molecule has 2 amide bonds. The van der Waals surface area contributed by atoms with Crippen molar-refractivity contribution in [3.8, 4) is 5.75 Å². The van der Waals surface area contributed by atoms with Gasteiger partial charge in [0.15, 0.2) is 0 Å². The summed E-state index contributed by atoms with van der Waals surface area (Å²) in [5, 5.41) is 0. The Kier molecular flexibility index (Phi) is 3.89. The van der Waals surface area contributed by atoms with Crippen LogP contribution < -0.4 is 9.64 Å². The molecule has 0 N–H and O–H groups in total. The van der Waals surface area contributed by atoms with E-state index in [4.69, 9.17) is 4.74 Å². The predicted octanol–water partition coefficient (Wildman–Crippen LogP) is 2.19. The Morgan fingerprint density at radius 2 is 2.10 bits per heavy atom. The summed E-state index contributed by atoms with van der Waals surface area (Å²) >= 11 is 3.42. The first-order valence-electron chi connectivity index (χ1n) is 7.06. The maximum Gasteiger partial charge on any atom is 0.250 e. The highest BCUT2D eigenvalue weighted by Crippen LogP contribution is 2.32. The molecule has 0 aliphatic carbocycles. The average molecular weight is 353 g/mol.